The van der Waals surface area contributed by atoms with E-state index in [4.69, 9.17) is 0 Å². The van der Waals surface area contributed by atoms with Crippen LogP contribution in [0.1, 0.15) is 19.8 Å². The summed E-state index contributed by atoms with van der Waals surface area (Å²) in [5.41, 5.74) is 0. The average molecular weight is 133 g/mol. The van der Waals surface area contributed by atoms with Crippen molar-refractivity contribution >= 4 is 6.04 Å². The molecule has 0 spiro atoms. The highest BCUT2D eigenvalue weighted by Crippen LogP contribution is 1.97. The van der Waals surface area contributed by atoms with Crippen LogP contribution in [0.2, 0.25) is 0 Å². The van der Waals surface area contributed by atoms with E-state index in [1.807, 2.05) is 6.92 Å². The van der Waals surface area contributed by atoms with E-state index in [9.17, 15) is 9.18 Å². The van der Waals surface area contributed by atoms with Gasteiger partial charge in [-0.25, -0.2) is 0 Å². The standard InChI is InChI=1S/C6H12FNO/c1-3-4-5(8-2)6(7)9/h5,8H,3-4H2,1-2H3. The number of halogens is 1. The van der Waals surface area contributed by atoms with Gasteiger partial charge in [-0.3, -0.25) is 4.79 Å². The van der Waals surface area contributed by atoms with Gasteiger partial charge in [-0.05, 0) is 13.5 Å². The molecular weight excluding hydrogens is 121 g/mol. The third-order valence-corrected chi connectivity index (χ3v) is 1.20. The Hall–Kier alpha value is -0.440. The summed E-state index contributed by atoms with van der Waals surface area (Å²) >= 11 is 0. The Morgan fingerprint density at radius 3 is 2.44 bits per heavy atom. The Bertz CT molecular complexity index is 95.1. The summed E-state index contributed by atoms with van der Waals surface area (Å²) in [6.07, 6.45) is 1.40. The number of nitrogens with one attached hydrogen (secondary N) is 1. The van der Waals surface area contributed by atoms with E-state index in [2.05, 4.69) is 5.32 Å². The van der Waals surface area contributed by atoms with E-state index in [0.29, 0.717) is 6.42 Å². The lowest BCUT2D eigenvalue weighted by molar-refractivity contribution is -0.131. The second kappa shape index (κ2) is 4.44. The molecule has 0 aromatic rings. The van der Waals surface area contributed by atoms with Gasteiger partial charge in [0.1, 0.15) is 0 Å². The van der Waals surface area contributed by atoms with E-state index >= 15 is 0 Å². The van der Waals surface area contributed by atoms with Crippen molar-refractivity contribution in [1.29, 1.82) is 0 Å². The first-order valence-electron chi connectivity index (χ1n) is 3.09. The Kier molecular flexibility index (Phi) is 4.22. The van der Waals surface area contributed by atoms with Crippen LogP contribution in [0.5, 0.6) is 0 Å². The van der Waals surface area contributed by atoms with Gasteiger partial charge in [-0.15, -0.1) is 0 Å². The minimum atomic E-state index is -1.26. The Morgan fingerprint density at radius 1 is 1.78 bits per heavy atom. The first-order valence-corrected chi connectivity index (χ1v) is 3.09. The number of hydrogen-bond acceptors (Lipinski definition) is 2. The molecule has 54 valence electrons. The summed E-state index contributed by atoms with van der Waals surface area (Å²) in [6, 6.07) is -1.85. The van der Waals surface area contributed by atoms with Gasteiger partial charge in [0.15, 0.2) is 0 Å². The Labute approximate surface area is 54.4 Å². The highest BCUT2D eigenvalue weighted by molar-refractivity contribution is 5.74. The van der Waals surface area contributed by atoms with Gasteiger partial charge in [-0.2, -0.15) is 4.39 Å². The van der Waals surface area contributed by atoms with Crippen LogP contribution in [-0.2, 0) is 4.79 Å². The lowest BCUT2D eigenvalue weighted by Gasteiger charge is -2.06. The molecule has 0 aromatic carbocycles. The fraction of sp³-hybridized carbons (Fsp3) is 0.833. The summed E-state index contributed by atoms with van der Waals surface area (Å²) in [5, 5.41) is 2.58. The lowest BCUT2D eigenvalue weighted by Crippen LogP contribution is -2.31. The predicted molar refractivity (Wildman–Crippen MR) is 33.9 cm³/mol. The van der Waals surface area contributed by atoms with Crippen molar-refractivity contribution in [3.05, 3.63) is 0 Å². The molecule has 0 aliphatic carbocycles. The summed E-state index contributed by atoms with van der Waals surface area (Å²) in [5.74, 6) is 0. The highest BCUT2D eigenvalue weighted by atomic mass is 19.1. The van der Waals surface area contributed by atoms with Crippen molar-refractivity contribution in [3.8, 4) is 0 Å². The molecule has 1 unspecified atom stereocenters. The first-order chi connectivity index (χ1) is 4.22. The van der Waals surface area contributed by atoms with Crippen LogP contribution in [0.25, 0.3) is 0 Å². The fourth-order valence-corrected chi connectivity index (χ4v) is 0.660. The fourth-order valence-electron chi connectivity index (χ4n) is 0.660. The zero-order valence-corrected chi connectivity index (χ0v) is 5.78. The molecule has 0 fully saturated rings. The van der Waals surface area contributed by atoms with E-state index < -0.39 is 12.1 Å². The maximum absolute atomic E-state index is 11.9. The van der Waals surface area contributed by atoms with Crippen molar-refractivity contribution in [2.24, 2.45) is 0 Å². The quantitative estimate of drug-likeness (QED) is 0.576. The van der Waals surface area contributed by atoms with E-state index in [1.54, 1.807) is 7.05 Å². The van der Waals surface area contributed by atoms with Crippen LogP contribution < -0.4 is 5.32 Å². The zero-order chi connectivity index (χ0) is 7.28. The summed E-state index contributed by atoms with van der Waals surface area (Å²) in [4.78, 5) is 10.0. The van der Waals surface area contributed by atoms with Crippen molar-refractivity contribution in [1.82, 2.24) is 5.32 Å². The molecule has 0 bridgehead atoms. The zero-order valence-electron chi connectivity index (χ0n) is 5.78. The first kappa shape index (κ1) is 8.56. The SMILES string of the molecule is CCCC(NC)C(=O)F. The van der Waals surface area contributed by atoms with Gasteiger partial charge in [0, 0.05) is 0 Å². The van der Waals surface area contributed by atoms with Gasteiger partial charge in [-0.1, -0.05) is 13.3 Å². The van der Waals surface area contributed by atoms with Crippen LogP contribution in [0, 0.1) is 0 Å². The van der Waals surface area contributed by atoms with Gasteiger partial charge in [0.25, 0.3) is 0 Å². The maximum atomic E-state index is 11.9. The number of carbonyl (C=O) groups is 1. The van der Waals surface area contributed by atoms with Crippen LogP contribution >= 0.6 is 0 Å². The lowest BCUT2D eigenvalue weighted by atomic mass is 10.2. The number of carbonyl (C=O) groups excluding carboxylic acids is 1. The summed E-state index contributed by atoms with van der Waals surface area (Å²) in [6.45, 7) is 1.91. The van der Waals surface area contributed by atoms with Gasteiger partial charge in [0.05, 0.1) is 6.04 Å². The molecule has 3 heteroatoms. The second-order valence-corrected chi connectivity index (χ2v) is 1.93. The monoisotopic (exact) mass is 133 g/mol. The van der Waals surface area contributed by atoms with Crippen LogP contribution in [0.4, 0.5) is 4.39 Å². The van der Waals surface area contributed by atoms with Crippen molar-refractivity contribution in [3.63, 3.8) is 0 Å². The highest BCUT2D eigenvalue weighted by Gasteiger charge is 2.12. The molecule has 0 saturated carbocycles. The number of rotatable bonds is 4. The largest absolute Gasteiger partial charge is 0.318 e. The average Bonchev–Trinajstić information content (AvgIpc) is 1.82. The molecule has 9 heavy (non-hydrogen) atoms. The van der Waals surface area contributed by atoms with E-state index in [-0.39, 0.29) is 0 Å². The molecule has 0 radical (unpaired) electrons. The molecule has 0 saturated heterocycles. The molecule has 1 atom stereocenters. The second-order valence-electron chi connectivity index (χ2n) is 1.93. The summed E-state index contributed by atoms with van der Waals surface area (Å²) in [7, 11) is 1.58. The van der Waals surface area contributed by atoms with E-state index in [0.717, 1.165) is 6.42 Å². The molecule has 0 aliphatic rings. The Balaban J connectivity index is 3.54. The molecule has 0 amide bonds. The number of likely N-dealkylation sites (N-methyl/N-ethyl adjacent to an activating group) is 1. The molecule has 0 aliphatic heterocycles. The van der Waals surface area contributed by atoms with Gasteiger partial charge < -0.3 is 5.32 Å². The summed E-state index contributed by atoms with van der Waals surface area (Å²) < 4.78 is 11.9. The minimum Gasteiger partial charge on any atom is -0.308 e. The number of hydrogen-bond donors (Lipinski definition) is 1. The maximum Gasteiger partial charge on any atom is 0.318 e. The normalized spacial score (nSPS) is 13.2. The molecule has 0 rings (SSSR count). The van der Waals surface area contributed by atoms with Gasteiger partial charge in [0.2, 0.25) is 0 Å². The van der Waals surface area contributed by atoms with E-state index in [1.165, 1.54) is 0 Å². The minimum absolute atomic E-state index is 0.575. The van der Waals surface area contributed by atoms with Crippen LogP contribution in [-0.4, -0.2) is 19.1 Å². The molecule has 2 nitrogen and oxygen atoms in total. The molecule has 0 heterocycles. The third kappa shape index (κ3) is 3.19. The van der Waals surface area contributed by atoms with Crippen molar-refractivity contribution in [2.45, 2.75) is 25.8 Å². The van der Waals surface area contributed by atoms with Crippen LogP contribution in [0.15, 0.2) is 0 Å². The Morgan fingerprint density at radius 2 is 2.33 bits per heavy atom. The molecule has 1 N–H and O–H groups in total. The third-order valence-electron chi connectivity index (χ3n) is 1.20. The smallest absolute Gasteiger partial charge is 0.308 e. The molecular formula is C6H12FNO. The topological polar surface area (TPSA) is 29.1 Å². The van der Waals surface area contributed by atoms with Crippen LogP contribution in [0.3, 0.4) is 0 Å². The van der Waals surface area contributed by atoms with Crippen molar-refractivity contribution < 1.29 is 9.18 Å². The van der Waals surface area contributed by atoms with Crippen molar-refractivity contribution in [2.75, 3.05) is 7.05 Å². The predicted octanol–water partition coefficient (Wildman–Crippen LogP) is 0.871. The van der Waals surface area contributed by atoms with Gasteiger partial charge >= 0.3 is 6.04 Å². The molecule has 0 aromatic heterocycles.